The van der Waals surface area contributed by atoms with Gasteiger partial charge < -0.3 is 10.6 Å². The molecule has 28 heavy (non-hydrogen) atoms. The molecule has 7 nitrogen and oxygen atoms in total. The van der Waals surface area contributed by atoms with Crippen LogP contribution in [0.1, 0.15) is 42.3 Å². The van der Waals surface area contributed by atoms with Gasteiger partial charge >= 0.3 is 0 Å². The minimum Gasteiger partial charge on any atom is -0.311 e. The summed E-state index contributed by atoms with van der Waals surface area (Å²) in [4.78, 5) is 29.8. The lowest BCUT2D eigenvalue weighted by atomic mass is 10.2. The molecule has 0 unspecified atom stereocenters. The molecule has 3 aromatic rings. The summed E-state index contributed by atoms with van der Waals surface area (Å²) < 4.78 is 1.92. The fraction of sp³-hybridized carbons (Fsp3) is 0.368. The van der Waals surface area contributed by atoms with Crippen molar-refractivity contribution >= 4 is 45.4 Å². The molecule has 1 aliphatic carbocycles. The zero-order valence-corrected chi connectivity index (χ0v) is 16.9. The van der Waals surface area contributed by atoms with Crippen LogP contribution >= 0.6 is 22.7 Å². The van der Waals surface area contributed by atoms with Gasteiger partial charge in [0.15, 0.2) is 5.13 Å². The topological polar surface area (TPSA) is 88.9 Å². The van der Waals surface area contributed by atoms with Crippen LogP contribution in [-0.2, 0) is 22.4 Å². The Morgan fingerprint density at radius 2 is 1.93 bits per heavy atom. The molecule has 0 aromatic carbocycles. The lowest BCUT2D eigenvalue weighted by Crippen LogP contribution is -2.19. The van der Waals surface area contributed by atoms with Crippen molar-refractivity contribution in [2.24, 2.45) is 0 Å². The quantitative estimate of drug-likeness (QED) is 0.613. The van der Waals surface area contributed by atoms with Crippen LogP contribution in [0, 0.1) is 0 Å². The molecule has 2 amide bonds. The molecule has 0 atom stereocenters. The van der Waals surface area contributed by atoms with E-state index in [1.807, 2.05) is 28.3 Å². The second kappa shape index (κ2) is 8.66. The van der Waals surface area contributed by atoms with E-state index in [2.05, 4.69) is 20.7 Å². The standard InChI is InChI=1S/C19H21N5O2S2/c25-17(22-16-7-8-20-24(16)14-4-1-2-5-14)10-13-12-28-19(21-13)23-18(26)11-15-6-3-9-27-15/h3,6-9,12,14H,1-2,4-5,10-11H2,(H,22,25)(H,21,23,26). The average Bonchev–Trinajstić information content (AvgIpc) is 3.43. The first-order chi connectivity index (χ1) is 13.7. The molecule has 3 heterocycles. The predicted octanol–water partition coefficient (Wildman–Crippen LogP) is 3.88. The third-order valence-corrected chi connectivity index (χ3v) is 6.35. The molecule has 3 aromatic heterocycles. The van der Waals surface area contributed by atoms with Crippen LogP contribution in [-0.4, -0.2) is 26.6 Å². The maximum atomic E-state index is 12.4. The molecule has 9 heteroatoms. The number of anilines is 2. The van der Waals surface area contributed by atoms with Crippen LogP contribution < -0.4 is 10.6 Å². The molecule has 0 bridgehead atoms. The zero-order valence-electron chi connectivity index (χ0n) is 15.3. The van der Waals surface area contributed by atoms with Crippen molar-refractivity contribution in [3.63, 3.8) is 0 Å². The van der Waals surface area contributed by atoms with Gasteiger partial charge in [0, 0.05) is 16.3 Å². The molecular weight excluding hydrogens is 394 g/mol. The van der Waals surface area contributed by atoms with Gasteiger partial charge in [0.2, 0.25) is 11.8 Å². The number of hydrogen-bond acceptors (Lipinski definition) is 6. The smallest absolute Gasteiger partial charge is 0.231 e. The van der Waals surface area contributed by atoms with Gasteiger partial charge in [0.1, 0.15) is 5.82 Å². The molecule has 0 aliphatic heterocycles. The minimum atomic E-state index is -0.137. The van der Waals surface area contributed by atoms with Crippen molar-refractivity contribution in [3.8, 4) is 0 Å². The molecule has 0 radical (unpaired) electrons. The van der Waals surface area contributed by atoms with E-state index in [4.69, 9.17) is 0 Å². The van der Waals surface area contributed by atoms with Crippen molar-refractivity contribution in [2.75, 3.05) is 10.6 Å². The third kappa shape index (κ3) is 4.66. The largest absolute Gasteiger partial charge is 0.311 e. The number of thiazole rings is 1. The molecule has 0 spiro atoms. The predicted molar refractivity (Wildman–Crippen MR) is 111 cm³/mol. The van der Waals surface area contributed by atoms with Crippen molar-refractivity contribution in [1.29, 1.82) is 0 Å². The van der Waals surface area contributed by atoms with Crippen LogP contribution in [0.4, 0.5) is 10.9 Å². The normalized spacial score (nSPS) is 14.3. The highest BCUT2D eigenvalue weighted by Gasteiger charge is 2.20. The van der Waals surface area contributed by atoms with Gasteiger partial charge in [0.25, 0.3) is 0 Å². The Hall–Kier alpha value is -2.52. The van der Waals surface area contributed by atoms with E-state index in [-0.39, 0.29) is 18.2 Å². The van der Waals surface area contributed by atoms with Crippen LogP contribution in [0.2, 0.25) is 0 Å². The Bertz CT molecular complexity index is 941. The highest BCUT2D eigenvalue weighted by atomic mass is 32.1. The summed E-state index contributed by atoms with van der Waals surface area (Å²) in [7, 11) is 0. The van der Waals surface area contributed by atoms with Crippen LogP contribution in [0.25, 0.3) is 0 Å². The molecule has 1 saturated carbocycles. The van der Waals surface area contributed by atoms with Gasteiger partial charge in [-0.3, -0.25) is 9.59 Å². The maximum absolute atomic E-state index is 12.4. The highest BCUT2D eigenvalue weighted by molar-refractivity contribution is 7.14. The maximum Gasteiger partial charge on any atom is 0.231 e. The summed E-state index contributed by atoms with van der Waals surface area (Å²) in [5.41, 5.74) is 0.640. The van der Waals surface area contributed by atoms with Gasteiger partial charge in [-0.15, -0.1) is 22.7 Å². The molecule has 146 valence electrons. The van der Waals surface area contributed by atoms with E-state index in [0.29, 0.717) is 23.3 Å². The summed E-state index contributed by atoms with van der Waals surface area (Å²) in [6, 6.07) is 6.05. The van der Waals surface area contributed by atoms with Crippen molar-refractivity contribution in [2.45, 2.75) is 44.6 Å². The molecule has 0 saturated heterocycles. The summed E-state index contributed by atoms with van der Waals surface area (Å²) >= 11 is 2.88. The molecule has 1 fully saturated rings. The van der Waals surface area contributed by atoms with Crippen LogP contribution in [0.15, 0.2) is 35.2 Å². The average molecular weight is 416 g/mol. The Morgan fingerprint density at radius 1 is 1.11 bits per heavy atom. The number of carbonyl (C=O) groups is 2. The number of hydrogen-bond donors (Lipinski definition) is 2. The Balaban J connectivity index is 1.31. The number of nitrogens with one attached hydrogen (secondary N) is 2. The van der Waals surface area contributed by atoms with Gasteiger partial charge in [-0.05, 0) is 24.3 Å². The first-order valence-electron chi connectivity index (χ1n) is 9.27. The molecular formula is C19H21N5O2S2. The molecule has 4 rings (SSSR count). The van der Waals surface area contributed by atoms with E-state index in [0.717, 1.165) is 23.5 Å². The number of thiophene rings is 1. The lowest BCUT2D eigenvalue weighted by molar-refractivity contribution is -0.116. The summed E-state index contributed by atoms with van der Waals surface area (Å²) in [6.45, 7) is 0. The van der Waals surface area contributed by atoms with E-state index >= 15 is 0 Å². The van der Waals surface area contributed by atoms with Crippen LogP contribution in [0.3, 0.4) is 0 Å². The third-order valence-electron chi connectivity index (χ3n) is 4.66. The Labute approximate surface area is 170 Å². The van der Waals surface area contributed by atoms with Crippen molar-refractivity contribution in [1.82, 2.24) is 14.8 Å². The van der Waals surface area contributed by atoms with E-state index < -0.39 is 0 Å². The van der Waals surface area contributed by atoms with Gasteiger partial charge in [-0.2, -0.15) is 5.10 Å². The second-order valence-electron chi connectivity index (χ2n) is 6.77. The number of aromatic nitrogens is 3. The van der Waals surface area contributed by atoms with E-state index in [1.54, 1.807) is 22.9 Å². The van der Waals surface area contributed by atoms with E-state index in [9.17, 15) is 9.59 Å². The number of carbonyl (C=O) groups excluding carboxylic acids is 2. The summed E-state index contributed by atoms with van der Waals surface area (Å²) in [5, 5.41) is 14.4. The minimum absolute atomic E-state index is 0.103. The fourth-order valence-corrected chi connectivity index (χ4v) is 4.81. The first-order valence-corrected chi connectivity index (χ1v) is 11.0. The fourth-order valence-electron chi connectivity index (χ4n) is 3.39. The zero-order chi connectivity index (χ0) is 19.3. The van der Waals surface area contributed by atoms with Gasteiger partial charge in [-0.25, -0.2) is 9.67 Å². The van der Waals surface area contributed by atoms with Crippen molar-refractivity contribution in [3.05, 3.63) is 45.7 Å². The van der Waals surface area contributed by atoms with Gasteiger partial charge in [0.05, 0.1) is 30.8 Å². The summed E-state index contributed by atoms with van der Waals surface area (Å²) in [5.74, 6) is 0.492. The number of rotatable bonds is 7. The Kier molecular flexibility index (Phi) is 5.82. The Morgan fingerprint density at radius 3 is 2.71 bits per heavy atom. The lowest BCUT2D eigenvalue weighted by Gasteiger charge is -2.14. The number of amides is 2. The molecule has 2 N–H and O–H groups in total. The molecule has 1 aliphatic rings. The number of nitrogens with zero attached hydrogens (tertiary/aromatic N) is 3. The van der Waals surface area contributed by atoms with Crippen LogP contribution in [0.5, 0.6) is 0 Å². The van der Waals surface area contributed by atoms with Crippen molar-refractivity contribution < 1.29 is 9.59 Å². The van der Waals surface area contributed by atoms with E-state index in [1.165, 1.54) is 24.2 Å². The monoisotopic (exact) mass is 415 g/mol. The SMILES string of the molecule is O=C(Cc1cccs1)Nc1nc(CC(=O)Nc2ccnn2C2CCCC2)cs1. The second-order valence-corrected chi connectivity index (χ2v) is 8.66. The highest BCUT2D eigenvalue weighted by Crippen LogP contribution is 2.31. The first kappa shape index (κ1) is 18.8. The summed E-state index contributed by atoms with van der Waals surface area (Å²) in [6.07, 6.45) is 6.83. The van der Waals surface area contributed by atoms with Gasteiger partial charge in [-0.1, -0.05) is 18.9 Å².